The minimum atomic E-state index is -1.60. The van der Waals surface area contributed by atoms with Crippen LogP contribution in [0.1, 0.15) is 49.4 Å². The first-order valence-corrected chi connectivity index (χ1v) is 26.3. The molecule has 6 atom stereocenters. The Balaban J connectivity index is 1.36. The van der Waals surface area contributed by atoms with Gasteiger partial charge in [-0.05, 0) is 49.1 Å². The molecule has 12 nitrogen and oxygen atoms in total. The molecule has 2 aliphatic heterocycles. The summed E-state index contributed by atoms with van der Waals surface area (Å²) in [5, 5.41) is 2.03. The number of carbonyl (C=O) groups is 3. The van der Waals surface area contributed by atoms with E-state index in [4.69, 9.17) is 37.9 Å². The van der Waals surface area contributed by atoms with E-state index in [0.29, 0.717) is 6.61 Å². The Morgan fingerprint density at radius 3 is 1.75 bits per heavy atom. The number of amides is 1. The Morgan fingerprint density at radius 2 is 1.22 bits per heavy atom. The van der Waals surface area contributed by atoms with Gasteiger partial charge < -0.3 is 43.2 Å². The summed E-state index contributed by atoms with van der Waals surface area (Å²) < 4.78 is 50.7. The average molecular weight is 912 g/mol. The lowest BCUT2D eigenvalue weighted by Crippen LogP contribution is -2.61. The second-order valence-electron chi connectivity index (χ2n) is 18.0. The molecule has 0 unspecified atom stereocenters. The zero-order chi connectivity index (χ0) is 45.5. The number of esters is 2. The Bertz CT molecular complexity index is 2110. The lowest BCUT2D eigenvalue weighted by molar-refractivity contribution is -0.267. The van der Waals surface area contributed by atoms with Gasteiger partial charge in [0, 0.05) is 14.5 Å². The van der Waals surface area contributed by atoms with Gasteiger partial charge in [0.25, 0.3) is 0 Å². The van der Waals surface area contributed by atoms with Crippen LogP contribution >= 0.6 is 11.8 Å². The highest BCUT2D eigenvalue weighted by Gasteiger charge is 2.53. The first-order chi connectivity index (χ1) is 30.7. The number of hydrogen-bond acceptors (Lipinski definition) is 12. The molecule has 0 radical (unpaired) electrons. The van der Waals surface area contributed by atoms with Crippen molar-refractivity contribution in [3.05, 3.63) is 154 Å². The van der Waals surface area contributed by atoms with Gasteiger partial charge in [0.1, 0.15) is 52.5 Å². The summed E-state index contributed by atoms with van der Waals surface area (Å²) in [6, 6.07) is 38.1. The molecule has 0 saturated carbocycles. The van der Waals surface area contributed by atoms with Crippen LogP contribution < -0.4 is 5.32 Å². The highest BCUT2D eigenvalue weighted by atomic mass is 32.2. The second-order valence-corrected chi connectivity index (χ2v) is 24.8. The fourth-order valence-electron chi connectivity index (χ4n) is 6.90. The number of carbonyl (C=O) groups excluding carboxylic acids is 3. The molecule has 2 aliphatic rings. The number of rotatable bonds is 20. The molecule has 4 aromatic rings. The molecular formula is C50H61NO11SSi. The van der Waals surface area contributed by atoms with Crippen LogP contribution in [0.2, 0.25) is 25.7 Å². The molecule has 4 aromatic carbocycles. The molecule has 1 amide bonds. The van der Waals surface area contributed by atoms with Crippen molar-refractivity contribution in [2.24, 2.45) is 0 Å². The van der Waals surface area contributed by atoms with E-state index in [-0.39, 0.29) is 50.1 Å². The van der Waals surface area contributed by atoms with Gasteiger partial charge in [-0.3, -0.25) is 0 Å². The van der Waals surface area contributed by atoms with Crippen molar-refractivity contribution < 1.29 is 52.3 Å². The van der Waals surface area contributed by atoms with Crippen LogP contribution in [-0.4, -0.2) is 80.8 Å². The van der Waals surface area contributed by atoms with Crippen molar-refractivity contribution in [2.45, 2.75) is 121 Å². The number of ether oxygens (including phenoxy) is 8. The monoisotopic (exact) mass is 911 g/mol. The second kappa shape index (κ2) is 23.3. The molecule has 14 heteroatoms. The van der Waals surface area contributed by atoms with Crippen molar-refractivity contribution >= 4 is 37.9 Å². The standard InChI is InChI=1S/C50H61NO11SSi/c1-50(2,3)62-49(54)51-39(46(52)59-33-38-25-17-10-18-26-38)29-40-44(47(53)56-27-28-64(4,5)6)63-45-43(58-32-37-23-15-9-16-24-37)42(57-31-36-21-13-8-14-22-36)41(61-48(45)60-40)34-55-30-35-19-11-7-12-20-35/h7-26,39,41-43,45,48H,27-34H2,1-6H3,(H,51,54)/t39-,41+,42+,43-,45+,48-/m0/s1. The van der Waals surface area contributed by atoms with Crippen molar-refractivity contribution in [1.82, 2.24) is 5.32 Å². The summed E-state index contributed by atoms with van der Waals surface area (Å²) in [6.07, 6.45) is -4.21. The summed E-state index contributed by atoms with van der Waals surface area (Å²) in [6.45, 7) is 12.9. The Kier molecular flexibility index (Phi) is 17.6. The van der Waals surface area contributed by atoms with Crippen LogP contribution in [0.25, 0.3) is 0 Å². The fraction of sp³-hybridized carbons (Fsp3) is 0.420. The van der Waals surface area contributed by atoms with Crippen molar-refractivity contribution in [1.29, 1.82) is 0 Å². The van der Waals surface area contributed by atoms with Gasteiger partial charge in [0.05, 0.1) is 33.0 Å². The third kappa shape index (κ3) is 15.3. The number of fused-ring (bicyclic) bond motifs is 1. The van der Waals surface area contributed by atoms with Crippen LogP contribution in [-0.2, 0) is 73.9 Å². The quantitative estimate of drug-likeness (QED) is 0.0514. The summed E-state index contributed by atoms with van der Waals surface area (Å²) in [5.74, 6) is -1.28. The third-order valence-electron chi connectivity index (χ3n) is 10.2. The van der Waals surface area contributed by atoms with Crippen molar-refractivity contribution in [3.8, 4) is 0 Å². The first kappa shape index (κ1) is 48.5. The molecular weight excluding hydrogens is 851 g/mol. The Labute approximate surface area is 382 Å². The highest BCUT2D eigenvalue weighted by Crippen LogP contribution is 2.45. The SMILES string of the molecule is CC(C)(C)OC(=O)N[C@@H](CC1=C(C(=O)OCC[Si](C)(C)C)S[C@H]2[C@@H](O1)O[C@H](COCc1ccccc1)[C@@H](OCc1ccccc1)[C@@H]2OCc1ccccc1)C(=O)OCc1ccccc1. The number of nitrogens with one attached hydrogen (secondary N) is 1. The van der Waals surface area contributed by atoms with Gasteiger partial charge in [-0.15, -0.1) is 11.8 Å². The summed E-state index contributed by atoms with van der Waals surface area (Å²) >= 11 is 1.20. The van der Waals surface area contributed by atoms with Gasteiger partial charge in [-0.25, -0.2) is 14.4 Å². The van der Waals surface area contributed by atoms with Crippen LogP contribution in [0.5, 0.6) is 0 Å². The zero-order valence-corrected chi connectivity index (χ0v) is 39.4. The lowest BCUT2D eigenvalue weighted by Gasteiger charge is -2.48. The predicted octanol–water partition coefficient (Wildman–Crippen LogP) is 9.35. The number of hydrogen-bond donors (Lipinski definition) is 1. The first-order valence-electron chi connectivity index (χ1n) is 21.7. The van der Waals surface area contributed by atoms with Crippen molar-refractivity contribution in [3.63, 3.8) is 0 Å². The summed E-state index contributed by atoms with van der Waals surface area (Å²) in [4.78, 5) is 41.7. The minimum Gasteiger partial charge on any atom is -0.466 e. The number of benzene rings is 4. The zero-order valence-electron chi connectivity index (χ0n) is 37.6. The molecule has 2 heterocycles. The van der Waals surface area contributed by atoms with Crippen molar-refractivity contribution in [2.75, 3.05) is 13.2 Å². The maximum atomic E-state index is 14.3. The Hall–Kier alpha value is -4.96. The van der Waals surface area contributed by atoms with Crippen LogP contribution in [0.15, 0.2) is 132 Å². The third-order valence-corrected chi connectivity index (χ3v) is 13.3. The molecule has 64 heavy (non-hydrogen) atoms. The summed E-state index contributed by atoms with van der Waals surface area (Å²) in [5.41, 5.74) is 2.79. The molecule has 6 rings (SSSR count). The normalized spacial score (nSPS) is 20.3. The van der Waals surface area contributed by atoms with E-state index < -0.39 is 67.6 Å². The van der Waals surface area contributed by atoms with Gasteiger partial charge >= 0.3 is 18.0 Å². The molecule has 0 aliphatic carbocycles. The number of alkyl carbamates (subject to hydrolysis) is 1. The fourth-order valence-corrected chi connectivity index (χ4v) is 8.90. The van der Waals surface area contributed by atoms with Gasteiger partial charge in [0.15, 0.2) is 0 Å². The van der Waals surface area contributed by atoms with E-state index in [1.165, 1.54) is 11.8 Å². The minimum absolute atomic E-state index is 0.0459. The van der Waals surface area contributed by atoms with Gasteiger partial charge in [-0.1, -0.05) is 141 Å². The molecule has 342 valence electrons. The molecule has 1 saturated heterocycles. The van der Waals surface area contributed by atoms with Crippen LogP contribution in [0.3, 0.4) is 0 Å². The lowest BCUT2D eigenvalue weighted by atomic mass is 9.99. The van der Waals surface area contributed by atoms with E-state index in [1.54, 1.807) is 20.8 Å². The van der Waals surface area contributed by atoms with E-state index in [1.807, 2.05) is 121 Å². The maximum absolute atomic E-state index is 14.3. The van der Waals surface area contributed by atoms with Gasteiger partial charge in [0.2, 0.25) is 6.29 Å². The molecule has 0 aromatic heterocycles. The van der Waals surface area contributed by atoms with E-state index in [0.717, 1.165) is 28.3 Å². The number of thioether (sulfide) groups is 1. The van der Waals surface area contributed by atoms with Crippen LogP contribution in [0.4, 0.5) is 4.79 Å². The van der Waals surface area contributed by atoms with Gasteiger partial charge in [-0.2, -0.15) is 0 Å². The molecule has 1 fully saturated rings. The predicted molar refractivity (Wildman–Crippen MR) is 247 cm³/mol. The smallest absolute Gasteiger partial charge is 0.408 e. The maximum Gasteiger partial charge on any atom is 0.408 e. The van der Waals surface area contributed by atoms with E-state index in [9.17, 15) is 14.4 Å². The molecule has 0 bridgehead atoms. The topological polar surface area (TPSA) is 137 Å². The largest absolute Gasteiger partial charge is 0.466 e. The van der Waals surface area contributed by atoms with E-state index in [2.05, 4.69) is 25.0 Å². The Morgan fingerprint density at radius 1 is 0.703 bits per heavy atom. The van der Waals surface area contributed by atoms with E-state index >= 15 is 0 Å². The molecule has 1 N–H and O–H groups in total. The highest BCUT2D eigenvalue weighted by molar-refractivity contribution is 8.04. The van der Waals surface area contributed by atoms with Crippen LogP contribution in [0, 0.1) is 0 Å². The average Bonchev–Trinajstić information content (AvgIpc) is 3.26. The summed E-state index contributed by atoms with van der Waals surface area (Å²) in [7, 11) is -1.60. The molecule has 0 spiro atoms.